The van der Waals surface area contributed by atoms with E-state index in [0.29, 0.717) is 10.6 Å². The lowest BCUT2D eigenvalue weighted by molar-refractivity contribution is -0.138. The van der Waals surface area contributed by atoms with E-state index in [1.807, 2.05) is 0 Å². The number of carbonyl (C=O) groups excluding carboxylic acids is 2. The molecule has 0 aliphatic carbocycles. The number of halogens is 3. The summed E-state index contributed by atoms with van der Waals surface area (Å²) in [5.74, 6) is -1.55. The molecular weight excluding hydrogens is 417 g/mol. The number of hydrogen-bond acceptors (Lipinski definition) is 5. The fraction of sp³-hybridized carbons (Fsp3) is 0.333. The van der Waals surface area contributed by atoms with Crippen molar-refractivity contribution in [1.29, 1.82) is 0 Å². The number of aromatic nitrogens is 1. The maximum atomic E-state index is 13.3. The maximum Gasteiger partial charge on any atom is 0.416 e. The van der Waals surface area contributed by atoms with Gasteiger partial charge in [0.15, 0.2) is 0 Å². The largest absolute Gasteiger partial charge is 0.464 e. The quantitative estimate of drug-likeness (QED) is 0.619. The molecule has 0 radical (unpaired) electrons. The Labute approximate surface area is 175 Å². The highest BCUT2D eigenvalue weighted by Crippen LogP contribution is 2.45. The highest BCUT2D eigenvalue weighted by Gasteiger charge is 2.43. The second-order valence-electron chi connectivity index (χ2n) is 7.06. The van der Waals surface area contributed by atoms with Crippen LogP contribution < -0.4 is 0 Å². The molecule has 2 atom stereocenters. The lowest BCUT2D eigenvalue weighted by Crippen LogP contribution is -2.24. The van der Waals surface area contributed by atoms with E-state index >= 15 is 0 Å². The average molecular weight is 436 g/mol. The number of benzene rings is 1. The Hall–Kier alpha value is -2.68. The van der Waals surface area contributed by atoms with Crippen LogP contribution in [0.3, 0.4) is 0 Å². The number of esters is 1. The number of alkyl halides is 3. The van der Waals surface area contributed by atoms with Crippen molar-refractivity contribution in [3.63, 3.8) is 0 Å². The van der Waals surface area contributed by atoms with Gasteiger partial charge in [0, 0.05) is 12.6 Å². The van der Waals surface area contributed by atoms with Crippen LogP contribution in [0.15, 0.2) is 47.6 Å². The Morgan fingerprint density at radius 2 is 1.97 bits per heavy atom. The normalized spacial score (nSPS) is 20.1. The minimum Gasteiger partial charge on any atom is -0.464 e. The molecule has 0 bridgehead atoms. The third kappa shape index (κ3) is 4.26. The van der Waals surface area contributed by atoms with Crippen LogP contribution in [-0.4, -0.2) is 29.0 Å². The van der Waals surface area contributed by atoms with Gasteiger partial charge in [-0.05, 0) is 42.2 Å². The number of aliphatic imine (C=N–C) groups is 1. The van der Waals surface area contributed by atoms with Crippen LogP contribution in [0.1, 0.15) is 53.4 Å². The van der Waals surface area contributed by atoms with Crippen molar-refractivity contribution >= 4 is 28.7 Å². The van der Waals surface area contributed by atoms with Gasteiger partial charge in [-0.25, -0.2) is 14.8 Å². The van der Waals surface area contributed by atoms with Crippen molar-refractivity contribution in [2.45, 2.75) is 37.1 Å². The molecule has 158 valence electrons. The van der Waals surface area contributed by atoms with E-state index in [1.165, 1.54) is 43.3 Å². The molecule has 1 aromatic carbocycles. The number of nitrogens with zero attached hydrogens (tertiary/aromatic N) is 2. The Morgan fingerprint density at radius 1 is 1.27 bits per heavy atom. The molecule has 0 fully saturated rings. The van der Waals surface area contributed by atoms with Gasteiger partial charge in [-0.15, -0.1) is 0 Å². The Kier molecular flexibility index (Phi) is 6.03. The number of rotatable bonds is 5. The van der Waals surface area contributed by atoms with Gasteiger partial charge in [0.25, 0.3) is 5.91 Å². The maximum absolute atomic E-state index is 13.3. The van der Waals surface area contributed by atoms with Gasteiger partial charge in [0.05, 0.1) is 17.7 Å². The lowest BCUT2D eigenvalue weighted by Gasteiger charge is -2.22. The van der Waals surface area contributed by atoms with Crippen molar-refractivity contribution in [3.05, 3.63) is 65.0 Å². The van der Waals surface area contributed by atoms with Crippen molar-refractivity contribution in [1.82, 2.24) is 4.98 Å². The topological polar surface area (TPSA) is 68.6 Å². The van der Waals surface area contributed by atoms with Gasteiger partial charge in [-0.2, -0.15) is 13.2 Å². The third-order valence-electron chi connectivity index (χ3n) is 4.94. The summed E-state index contributed by atoms with van der Waals surface area (Å²) in [4.78, 5) is 32.5. The molecular formula is C21H19F3N2O3S. The van der Waals surface area contributed by atoms with Gasteiger partial charge in [-0.1, -0.05) is 36.9 Å². The molecule has 2 heterocycles. The van der Waals surface area contributed by atoms with Crippen LogP contribution >= 0.6 is 11.8 Å². The molecule has 1 aliphatic heterocycles. The molecule has 1 aliphatic rings. The van der Waals surface area contributed by atoms with E-state index in [9.17, 15) is 22.8 Å². The molecule has 0 N–H and O–H groups in total. The second-order valence-corrected chi connectivity index (χ2v) is 8.55. The van der Waals surface area contributed by atoms with Crippen LogP contribution in [-0.2, 0) is 20.5 Å². The molecule has 3 rings (SSSR count). The van der Waals surface area contributed by atoms with E-state index in [2.05, 4.69) is 14.7 Å². The molecule has 0 saturated heterocycles. The predicted octanol–water partition coefficient (Wildman–Crippen LogP) is 4.97. The minimum absolute atomic E-state index is 0.0607. The van der Waals surface area contributed by atoms with E-state index in [4.69, 9.17) is 0 Å². The molecule has 1 aromatic heterocycles. The number of thioether (sulfide) groups is 1. The average Bonchev–Trinajstić information content (AvgIpc) is 3.01. The van der Waals surface area contributed by atoms with Gasteiger partial charge in [0.2, 0.25) is 0 Å². The van der Waals surface area contributed by atoms with Crippen LogP contribution in [0.2, 0.25) is 0 Å². The Morgan fingerprint density at radius 3 is 2.63 bits per heavy atom. The van der Waals surface area contributed by atoms with Gasteiger partial charge in [0.1, 0.15) is 10.4 Å². The van der Waals surface area contributed by atoms with Gasteiger partial charge >= 0.3 is 12.1 Å². The number of amides is 1. The first kappa shape index (κ1) is 22.0. The molecule has 5 nitrogen and oxygen atoms in total. The van der Waals surface area contributed by atoms with Crippen LogP contribution in [0, 0.1) is 0 Å². The Bertz CT molecular complexity index is 1020. The summed E-state index contributed by atoms with van der Waals surface area (Å²) in [6.45, 7) is 3.34. The van der Waals surface area contributed by atoms with E-state index < -0.39 is 34.3 Å². The minimum atomic E-state index is -4.46. The standard InChI is InChI=1S/C21H19F3N2O3S/c1-12(14-6-4-5-7-15(14)21(22,23)24)10-17-26-19(28)20(2,30-17)13-8-9-25-16(11-13)18(27)29-3/h4-9,11-12H,10H2,1-3H3/t12-,20?/m1/s1. The highest BCUT2D eigenvalue weighted by molar-refractivity contribution is 8.15. The Balaban J connectivity index is 1.83. The van der Waals surface area contributed by atoms with E-state index in [-0.39, 0.29) is 17.7 Å². The summed E-state index contributed by atoms with van der Waals surface area (Å²) in [6.07, 6.45) is -2.87. The smallest absolute Gasteiger partial charge is 0.416 e. The fourth-order valence-corrected chi connectivity index (χ4v) is 4.60. The SMILES string of the molecule is COC(=O)c1cc(C2(C)SC(C[C@@H](C)c3ccccc3C(F)(F)F)=NC2=O)ccn1. The molecule has 1 amide bonds. The molecule has 2 aromatic rings. The van der Waals surface area contributed by atoms with Crippen molar-refractivity contribution in [3.8, 4) is 0 Å². The zero-order valence-electron chi connectivity index (χ0n) is 16.5. The lowest BCUT2D eigenvalue weighted by atomic mass is 9.93. The predicted molar refractivity (Wildman–Crippen MR) is 107 cm³/mol. The molecule has 30 heavy (non-hydrogen) atoms. The highest BCUT2D eigenvalue weighted by atomic mass is 32.2. The third-order valence-corrected chi connectivity index (χ3v) is 6.25. The molecule has 1 unspecified atom stereocenters. The summed E-state index contributed by atoms with van der Waals surface area (Å²) in [5.41, 5.74) is 0.0545. The van der Waals surface area contributed by atoms with Crippen molar-refractivity contribution < 1.29 is 27.5 Å². The molecule has 0 saturated carbocycles. The second kappa shape index (κ2) is 8.22. The summed E-state index contributed by atoms with van der Waals surface area (Å²) < 4.78 is 43.6. The summed E-state index contributed by atoms with van der Waals surface area (Å²) in [6, 6.07) is 8.49. The summed E-state index contributed by atoms with van der Waals surface area (Å²) in [5, 5.41) is 0.448. The zero-order chi connectivity index (χ0) is 22.1. The van der Waals surface area contributed by atoms with Crippen LogP contribution in [0.5, 0.6) is 0 Å². The first-order valence-electron chi connectivity index (χ1n) is 9.08. The number of methoxy groups -OCH3 is 1. The van der Waals surface area contributed by atoms with Gasteiger partial charge in [-0.3, -0.25) is 4.79 Å². The fourth-order valence-electron chi connectivity index (χ4n) is 3.29. The van der Waals surface area contributed by atoms with Gasteiger partial charge < -0.3 is 4.74 Å². The van der Waals surface area contributed by atoms with Crippen LogP contribution in [0.4, 0.5) is 13.2 Å². The summed E-state index contributed by atoms with van der Waals surface area (Å²) in [7, 11) is 1.23. The monoisotopic (exact) mass is 436 g/mol. The van der Waals surface area contributed by atoms with Crippen molar-refractivity contribution in [2.75, 3.05) is 7.11 Å². The first-order valence-corrected chi connectivity index (χ1v) is 9.90. The van der Waals surface area contributed by atoms with E-state index in [1.54, 1.807) is 26.0 Å². The molecule has 9 heteroatoms. The van der Waals surface area contributed by atoms with Crippen LogP contribution in [0.25, 0.3) is 0 Å². The number of carbonyl (C=O) groups is 2. The number of hydrogen-bond donors (Lipinski definition) is 0. The van der Waals surface area contributed by atoms with Crippen molar-refractivity contribution in [2.24, 2.45) is 4.99 Å². The zero-order valence-corrected chi connectivity index (χ0v) is 17.3. The first-order chi connectivity index (χ1) is 14.1. The summed E-state index contributed by atoms with van der Waals surface area (Å²) >= 11 is 1.18. The number of pyridine rings is 1. The molecule has 0 spiro atoms. The van der Waals surface area contributed by atoms with E-state index in [0.717, 1.165) is 6.07 Å². The number of ether oxygens (including phenoxy) is 1.